The third-order valence-electron chi connectivity index (χ3n) is 10.2. The second-order valence-electron chi connectivity index (χ2n) is 13.6. The number of hydrogen-bond donors (Lipinski definition) is 3. The number of azide groups is 1. The van der Waals surface area contributed by atoms with Gasteiger partial charge in [-0.1, -0.05) is 55.1 Å². The van der Waals surface area contributed by atoms with E-state index in [4.69, 9.17) is 20.7 Å². The minimum absolute atomic E-state index is 0.0275. The van der Waals surface area contributed by atoms with Crippen LogP contribution in [0.2, 0.25) is 0 Å². The van der Waals surface area contributed by atoms with Crippen molar-refractivity contribution in [2.24, 2.45) is 21.7 Å². The number of nitrogens with one attached hydrogen (secondary N) is 2. The Hall–Kier alpha value is -5.61. The quantitative estimate of drug-likeness (QED) is 0.0495. The zero-order chi connectivity index (χ0) is 39.7. The summed E-state index contributed by atoms with van der Waals surface area (Å²) in [4.78, 5) is 73.4. The Morgan fingerprint density at radius 3 is 1.44 bits per heavy atom. The number of non-ortho nitro benzene ring substituents is 2. The van der Waals surface area contributed by atoms with Gasteiger partial charge < -0.3 is 25.8 Å². The topological polar surface area (TPSA) is 272 Å². The molecule has 2 aliphatic rings. The summed E-state index contributed by atoms with van der Waals surface area (Å²) < 4.78 is 9.63. The zero-order valence-corrected chi connectivity index (χ0v) is 30.6. The van der Waals surface area contributed by atoms with Crippen molar-refractivity contribution >= 4 is 35.1 Å². The fraction of sp³-hybridized carbons (Fsp3) is 0.556. The summed E-state index contributed by atoms with van der Waals surface area (Å²) in [6.07, 6.45) is 7.98. The number of carbonyl (C=O) groups excluding carboxylic acids is 4. The molecule has 2 atom stereocenters. The normalized spacial score (nSPS) is 16.3. The molecule has 0 saturated heterocycles. The van der Waals surface area contributed by atoms with Crippen LogP contribution in [0.5, 0.6) is 0 Å². The van der Waals surface area contributed by atoms with Crippen LogP contribution in [0, 0.1) is 31.1 Å². The van der Waals surface area contributed by atoms with E-state index >= 15 is 0 Å². The highest BCUT2D eigenvalue weighted by atomic mass is 16.6. The molecule has 2 amide bonds. The van der Waals surface area contributed by atoms with Crippen molar-refractivity contribution in [3.8, 4) is 0 Å². The van der Waals surface area contributed by atoms with E-state index in [1.807, 2.05) is 0 Å². The fourth-order valence-electron chi connectivity index (χ4n) is 7.14. The van der Waals surface area contributed by atoms with E-state index in [2.05, 4.69) is 20.7 Å². The van der Waals surface area contributed by atoms with Gasteiger partial charge >= 0.3 is 11.9 Å². The maximum atomic E-state index is 13.0. The summed E-state index contributed by atoms with van der Waals surface area (Å²) in [6.45, 7) is 0.633. The van der Waals surface area contributed by atoms with E-state index in [0.29, 0.717) is 43.4 Å². The molecule has 18 heteroatoms. The van der Waals surface area contributed by atoms with Crippen molar-refractivity contribution in [1.82, 2.24) is 10.6 Å². The third-order valence-corrected chi connectivity index (χ3v) is 10.2. The number of nitro benzene ring substituents is 2. The molecule has 0 spiro atoms. The maximum Gasteiger partial charge on any atom is 0.328 e. The van der Waals surface area contributed by atoms with Crippen LogP contribution in [0.4, 0.5) is 11.4 Å². The van der Waals surface area contributed by atoms with Crippen molar-refractivity contribution < 1.29 is 38.5 Å². The van der Waals surface area contributed by atoms with Gasteiger partial charge in [0.25, 0.3) is 11.4 Å². The lowest BCUT2D eigenvalue weighted by molar-refractivity contribution is -0.385. The standard InChI is InChI=1S/C18H23N5O5.C18H25N3O5/c1-28-16(24)15(12-13-4-6-14(7-5-13)23(26)27)21-17(25)18(8-2-3-9-18)10-11-20-22-19;1-26-16(22)15(12-13-4-6-14(7-5-13)21(24)25)20-17(23)18(10-11-19)8-2-3-9-18/h4-7,15H,2-3,8-12H2,1H3,(H,21,25);4-7,15H,2-3,8-12,19H2,1H3,(H,20,23). The molecule has 0 aliphatic heterocycles. The molecule has 0 aromatic heterocycles. The molecule has 2 unspecified atom stereocenters. The molecule has 0 radical (unpaired) electrons. The lowest BCUT2D eigenvalue weighted by Crippen LogP contribution is -2.49. The lowest BCUT2D eigenvalue weighted by Gasteiger charge is -2.29. The lowest BCUT2D eigenvalue weighted by atomic mass is 9.81. The van der Waals surface area contributed by atoms with E-state index in [-0.39, 0.29) is 42.6 Å². The first kappa shape index (κ1) is 42.8. The molecule has 4 rings (SSSR count). The van der Waals surface area contributed by atoms with Crippen molar-refractivity contribution in [3.63, 3.8) is 0 Å². The highest BCUT2D eigenvalue weighted by Gasteiger charge is 2.43. The first-order valence-electron chi connectivity index (χ1n) is 17.8. The number of ether oxygens (including phenoxy) is 2. The van der Waals surface area contributed by atoms with Gasteiger partial charge in [-0.3, -0.25) is 29.8 Å². The van der Waals surface area contributed by atoms with Crippen LogP contribution >= 0.6 is 0 Å². The SMILES string of the molecule is COC(=O)C(Cc1ccc([N+](=O)[O-])cc1)NC(=O)C1(CCN)CCCC1.COC(=O)C(Cc1ccc([N+](=O)[O-])cc1)NC(=O)C1(CCN=[N+]=[N-])CCCC1. The van der Waals surface area contributed by atoms with Gasteiger partial charge in [-0.25, -0.2) is 9.59 Å². The molecule has 2 fully saturated rings. The highest BCUT2D eigenvalue weighted by molar-refractivity contribution is 5.89. The number of rotatable bonds is 17. The Balaban J connectivity index is 0.000000291. The summed E-state index contributed by atoms with van der Waals surface area (Å²) in [5.41, 5.74) is 14.3. The third kappa shape index (κ3) is 11.7. The second-order valence-corrected chi connectivity index (χ2v) is 13.6. The number of hydrogen-bond acceptors (Lipinski definition) is 12. The van der Waals surface area contributed by atoms with Crippen LogP contribution in [-0.4, -0.2) is 73.0 Å². The molecule has 2 aliphatic carbocycles. The van der Waals surface area contributed by atoms with Crippen LogP contribution in [0.1, 0.15) is 75.3 Å². The minimum atomic E-state index is -0.907. The van der Waals surface area contributed by atoms with Crippen LogP contribution < -0.4 is 16.4 Å². The van der Waals surface area contributed by atoms with Crippen LogP contribution in [0.25, 0.3) is 10.4 Å². The van der Waals surface area contributed by atoms with Gasteiger partial charge in [-0.15, -0.1) is 0 Å². The summed E-state index contributed by atoms with van der Waals surface area (Å²) in [6, 6.07) is 9.95. The first-order chi connectivity index (χ1) is 25.8. The van der Waals surface area contributed by atoms with E-state index in [1.54, 1.807) is 24.3 Å². The Bertz CT molecular complexity index is 1670. The summed E-state index contributed by atoms with van der Waals surface area (Å²) in [7, 11) is 2.51. The fourth-order valence-corrected chi connectivity index (χ4v) is 7.14. The summed E-state index contributed by atoms with van der Waals surface area (Å²) in [5, 5.41) is 30.6. The van der Waals surface area contributed by atoms with Crippen molar-refractivity contribution in [3.05, 3.63) is 90.3 Å². The molecule has 54 heavy (non-hydrogen) atoms. The molecule has 0 bridgehead atoms. The number of benzene rings is 2. The predicted molar refractivity (Wildman–Crippen MR) is 196 cm³/mol. The van der Waals surface area contributed by atoms with Gasteiger partial charge in [0.2, 0.25) is 11.8 Å². The number of nitro groups is 2. The number of nitrogens with two attached hydrogens (primary N) is 1. The van der Waals surface area contributed by atoms with Gasteiger partial charge in [0, 0.05) is 54.0 Å². The maximum absolute atomic E-state index is 13.0. The average molecular weight is 753 g/mol. The zero-order valence-electron chi connectivity index (χ0n) is 30.6. The molecule has 2 saturated carbocycles. The van der Waals surface area contributed by atoms with Gasteiger partial charge in [-0.2, -0.15) is 0 Å². The van der Waals surface area contributed by atoms with E-state index in [0.717, 1.165) is 38.5 Å². The van der Waals surface area contributed by atoms with Crippen molar-refractivity contribution in [2.75, 3.05) is 27.3 Å². The molecular weight excluding hydrogens is 704 g/mol. The first-order valence-corrected chi connectivity index (χ1v) is 17.8. The molecule has 18 nitrogen and oxygen atoms in total. The molecule has 4 N–H and O–H groups in total. The summed E-state index contributed by atoms with van der Waals surface area (Å²) >= 11 is 0. The smallest absolute Gasteiger partial charge is 0.328 e. The Kier molecular flexibility index (Phi) is 16.3. The highest BCUT2D eigenvalue weighted by Crippen LogP contribution is 2.42. The molecule has 0 heterocycles. The van der Waals surface area contributed by atoms with E-state index < -0.39 is 44.7 Å². The number of nitrogens with zero attached hydrogens (tertiary/aromatic N) is 5. The predicted octanol–water partition coefficient (Wildman–Crippen LogP) is 4.76. The average Bonchev–Trinajstić information content (AvgIpc) is 3.86. The summed E-state index contributed by atoms with van der Waals surface area (Å²) in [5.74, 6) is -1.55. The van der Waals surface area contributed by atoms with Crippen LogP contribution in [0.15, 0.2) is 53.6 Å². The second kappa shape index (κ2) is 20.6. The number of esters is 2. The van der Waals surface area contributed by atoms with Gasteiger partial charge in [0.1, 0.15) is 12.1 Å². The Morgan fingerprint density at radius 2 is 1.13 bits per heavy atom. The minimum Gasteiger partial charge on any atom is -0.467 e. The van der Waals surface area contributed by atoms with Gasteiger partial charge in [-0.05, 0) is 61.7 Å². The van der Waals surface area contributed by atoms with Gasteiger partial charge in [0.05, 0.1) is 29.5 Å². The Labute approximate surface area is 312 Å². The van der Waals surface area contributed by atoms with Crippen LogP contribution in [-0.2, 0) is 41.5 Å². The largest absolute Gasteiger partial charge is 0.467 e. The molecule has 2 aromatic carbocycles. The molecular formula is C36H48N8O10. The van der Waals surface area contributed by atoms with Crippen molar-refractivity contribution in [2.45, 2.75) is 89.1 Å². The van der Waals surface area contributed by atoms with Crippen molar-refractivity contribution in [1.29, 1.82) is 0 Å². The monoisotopic (exact) mass is 752 g/mol. The number of carbonyl (C=O) groups is 4. The molecule has 292 valence electrons. The van der Waals surface area contributed by atoms with E-state index in [9.17, 15) is 39.4 Å². The number of methoxy groups -OCH3 is 2. The number of amides is 2. The van der Waals surface area contributed by atoms with Crippen LogP contribution in [0.3, 0.4) is 0 Å². The van der Waals surface area contributed by atoms with Gasteiger partial charge in [0.15, 0.2) is 0 Å². The Morgan fingerprint density at radius 1 is 0.759 bits per heavy atom. The molecule has 2 aromatic rings. The van der Waals surface area contributed by atoms with E-state index in [1.165, 1.54) is 38.5 Å².